The van der Waals surface area contributed by atoms with Crippen LogP contribution >= 0.6 is 0 Å². The number of β-amino-alcohol motifs (C(OH)–C–C–N with tert-alkyl or cyclic N) is 1. The SMILES string of the molecule is CCC1CCC(C)N1CC(O)CC1CCCC1. The zero-order valence-electron chi connectivity index (χ0n) is 11.6. The van der Waals surface area contributed by atoms with Gasteiger partial charge in [0.15, 0.2) is 0 Å². The second-order valence-electron chi connectivity index (χ2n) is 6.23. The van der Waals surface area contributed by atoms with Gasteiger partial charge in [-0.15, -0.1) is 0 Å². The second kappa shape index (κ2) is 6.19. The van der Waals surface area contributed by atoms with E-state index in [-0.39, 0.29) is 6.10 Å². The molecule has 17 heavy (non-hydrogen) atoms. The zero-order valence-corrected chi connectivity index (χ0v) is 11.6. The quantitative estimate of drug-likeness (QED) is 0.796. The number of rotatable bonds is 5. The molecule has 0 aromatic carbocycles. The Labute approximate surface area is 106 Å². The lowest BCUT2D eigenvalue weighted by atomic mass is 9.99. The van der Waals surface area contributed by atoms with Crippen LogP contribution in [0, 0.1) is 5.92 Å². The third-order valence-corrected chi connectivity index (χ3v) is 4.93. The molecule has 2 nitrogen and oxygen atoms in total. The average Bonchev–Trinajstić information content (AvgIpc) is 2.90. The maximum atomic E-state index is 10.3. The van der Waals surface area contributed by atoms with Crippen molar-refractivity contribution in [1.29, 1.82) is 0 Å². The first-order chi connectivity index (χ1) is 8.20. The van der Waals surface area contributed by atoms with Gasteiger partial charge in [-0.2, -0.15) is 0 Å². The summed E-state index contributed by atoms with van der Waals surface area (Å²) in [5, 5.41) is 10.3. The van der Waals surface area contributed by atoms with E-state index in [9.17, 15) is 5.11 Å². The summed E-state index contributed by atoms with van der Waals surface area (Å²) >= 11 is 0. The first-order valence-electron chi connectivity index (χ1n) is 7.64. The molecule has 1 N–H and O–H groups in total. The Hall–Kier alpha value is -0.0800. The van der Waals surface area contributed by atoms with Crippen LogP contribution < -0.4 is 0 Å². The van der Waals surface area contributed by atoms with Crippen molar-refractivity contribution >= 4 is 0 Å². The van der Waals surface area contributed by atoms with E-state index in [0.29, 0.717) is 6.04 Å². The molecule has 1 aliphatic heterocycles. The van der Waals surface area contributed by atoms with Crippen molar-refractivity contribution in [1.82, 2.24) is 4.90 Å². The van der Waals surface area contributed by atoms with Gasteiger partial charge >= 0.3 is 0 Å². The average molecular weight is 239 g/mol. The fourth-order valence-corrected chi connectivity index (χ4v) is 3.84. The summed E-state index contributed by atoms with van der Waals surface area (Å²) in [6.07, 6.45) is 10.3. The Balaban J connectivity index is 1.77. The van der Waals surface area contributed by atoms with E-state index >= 15 is 0 Å². The molecule has 0 aromatic rings. The number of nitrogens with zero attached hydrogens (tertiary/aromatic N) is 1. The van der Waals surface area contributed by atoms with Crippen molar-refractivity contribution in [3.63, 3.8) is 0 Å². The van der Waals surface area contributed by atoms with Crippen LogP contribution in [0.25, 0.3) is 0 Å². The van der Waals surface area contributed by atoms with Crippen LogP contribution in [0.4, 0.5) is 0 Å². The first kappa shape index (κ1) is 13.4. The first-order valence-corrected chi connectivity index (χ1v) is 7.64. The highest BCUT2D eigenvalue weighted by Crippen LogP contribution is 2.30. The largest absolute Gasteiger partial charge is 0.392 e. The van der Waals surface area contributed by atoms with Crippen LogP contribution in [0.1, 0.15) is 65.2 Å². The summed E-state index contributed by atoms with van der Waals surface area (Å²) in [6, 6.07) is 1.40. The van der Waals surface area contributed by atoms with Gasteiger partial charge in [0, 0.05) is 18.6 Å². The highest BCUT2D eigenvalue weighted by atomic mass is 16.3. The van der Waals surface area contributed by atoms with Crippen molar-refractivity contribution in [2.75, 3.05) is 6.54 Å². The molecular weight excluding hydrogens is 210 g/mol. The van der Waals surface area contributed by atoms with Crippen molar-refractivity contribution in [2.45, 2.75) is 83.4 Å². The van der Waals surface area contributed by atoms with Gasteiger partial charge < -0.3 is 5.11 Å². The molecule has 2 aliphatic rings. The highest BCUT2D eigenvalue weighted by molar-refractivity contribution is 4.86. The molecule has 0 aromatic heterocycles. The van der Waals surface area contributed by atoms with Gasteiger partial charge in [-0.1, -0.05) is 32.6 Å². The van der Waals surface area contributed by atoms with Gasteiger partial charge in [0.1, 0.15) is 0 Å². The highest BCUT2D eigenvalue weighted by Gasteiger charge is 2.31. The number of hydrogen-bond acceptors (Lipinski definition) is 2. The van der Waals surface area contributed by atoms with E-state index < -0.39 is 0 Å². The fraction of sp³-hybridized carbons (Fsp3) is 1.00. The Morgan fingerprint density at radius 2 is 1.88 bits per heavy atom. The lowest BCUT2D eigenvalue weighted by Gasteiger charge is -2.30. The molecule has 100 valence electrons. The molecule has 2 heteroatoms. The molecule has 1 aliphatic carbocycles. The molecule has 0 bridgehead atoms. The normalized spacial score (nSPS) is 33.4. The van der Waals surface area contributed by atoms with Crippen molar-refractivity contribution < 1.29 is 5.11 Å². The Kier molecular flexibility index (Phi) is 4.87. The van der Waals surface area contributed by atoms with Crippen molar-refractivity contribution in [3.8, 4) is 0 Å². The maximum Gasteiger partial charge on any atom is 0.0670 e. The third-order valence-electron chi connectivity index (χ3n) is 4.93. The minimum absolute atomic E-state index is 0.0901. The topological polar surface area (TPSA) is 23.5 Å². The third kappa shape index (κ3) is 3.45. The molecular formula is C15H29NO. The molecule has 3 unspecified atom stereocenters. The van der Waals surface area contributed by atoms with Crippen LogP contribution in [0.15, 0.2) is 0 Å². The molecule has 2 fully saturated rings. The molecule has 0 radical (unpaired) electrons. The van der Waals surface area contributed by atoms with Gasteiger partial charge in [-0.05, 0) is 38.5 Å². The number of hydrogen-bond donors (Lipinski definition) is 1. The van der Waals surface area contributed by atoms with Crippen molar-refractivity contribution in [3.05, 3.63) is 0 Å². The fourth-order valence-electron chi connectivity index (χ4n) is 3.84. The summed E-state index contributed by atoms with van der Waals surface area (Å²) in [4.78, 5) is 2.56. The second-order valence-corrected chi connectivity index (χ2v) is 6.23. The van der Waals surface area contributed by atoms with Crippen LogP contribution in [0.2, 0.25) is 0 Å². The Morgan fingerprint density at radius 1 is 1.18 bits per heavy atom. The summed E-state index contributed by atoms with van der Waals surface area (Å²) in [6.45, 7) is 5.51. The van der Waals surface area contributed by atoms with Crippen LogP contribution in [-0.4, -0.2) is 34.7 Å². The van der Waals surface area contributed by atoms with Crippen LogP contribution in [-0.2, 0) is 0 Å². The minimum Gasteiger partial charge on any atom is -0.392 e. The summed E-state index contributed by atoms with van der Waals surface area (Å²) < 4.78 is 0. The zero-order chi connectivity index (χ0) is 12.3. The summed E-state index contributed by atoms with van der Waals surface area (Å²) in [5.41, 5.74) is 0. The Bertz CT molecular complexity index is 225. The number of aliphatic hydroxyl groups excluding tert-OH is 1. The van der Waals surface area contributed by atoms with E-state index in [4.69, 9.17) is 0 Å². The summed E-state index contributed by atoms with van der Waals surface area (Å²) in [7, 11) is 0. The molecule has 1 heterocycles. The van der Waals surface area contributed by atoms with E-state index in [1.807, 2.05) is 0 Å². The van der Waals surface area contributed by atoms with Crippen molar-refractivity contribution in [2.24, 2.45) is 5.92 Å². The van der Waals surface area contributed by atoms with E-state index in [2.05, 4.69) is 18.7 Å². The maximum absolute atomic E-state index is 10.3. The van der Waals surface area contributed by atoms with Gasteiger partial charge in [-0.25, -0.2) is 0 Å². The lowest BCUT2D eigenvalue weighted by Crippen LogP contribution is -2.40. The van der Waals surface area contributed by atoms with Gasteiger partial charge in [0.2, 0.25) is 0 Å². The lowest BCUT2D eigenvalue weighted by molar-refractivity contribution is 0.0694. The predicted octanol–water partition coefficient (Wildman–Crippen LogP) is 3.19. The van der Waals surface area contributed by atoms with E-state index in [0.717, 1.165) is 24.9 Å². The molecule has 2 rings (SSSR count). The molecule has 0 amide bonds. The van der Waals surface area contributed by atoms with E-state index in [1.54, 1.807) is 0 Å². The molecule has 1 saturated carbocycles. The monoisotopic (exact) mass is 239 g/mol. The summed E-state index contributed by atoms with van der Waals surface area (Å²) in [5.74, 6) is 0.808. The minimum atomic E-state index is -0.0901. The molecule has 1 saturated heterocycles. The van der Waals surface area contributed by atoms with Gasteiger partial charge in [0.25, 0.3) is 0 Å². The molecule has 3 atom stereocenters. The van der Waals surface area contributed by atoms with Crippen LogP contribution in [0.5, 0.6) is 0 Å². The molecule has 0 spiro atoms. The van der Waals surface area contributed by atoms with Crippen LogP contribution in [0.3, 0.4) is 0 Å². The number of likely N-dealkylation sites (tertiary alicyclic amines) is 1. The standard InChI is InChI=1S/C15H29NO/c1-3-14-9-8-12(2)16(14)11-15(17)10-13-6-4-5-7-13/h12-15,17H,3-11H2,1-2H3. The predicted molar refractivity (Wildman–Crippen MR) is 72.1 cm³/mol. The Morgan fingerprint density at radius 3 is 2.53 bits per heavy atom. The number of aliphatic hydroxyl groups is 1. The van der Waals surface area contributed by atoms with Gasteiger partial charge in [0.05, 0.1) is 6.10 Å². The van der Waals surface area contributed by atoms with E-state index in [1.165, 1.54) is 44.9 Å². The smallest absolute Gasteiger partial charge is 0.0670 e. The van der Waals surface area contributed by atoms with Gasteiger partial charge in [-0.3, -0.25) is 4.90 Å².